The number of nitriles is 1. The maximum atomic E-state index is 13.2. The van der Waals surface area contributed by atoms with Gasteiger partial charge in [0.15, 0.2) is 5.65 Å². The van der Waals surface area contributed by atoms with Crippen LogP contribution in [0.15, 0.2) is 18.3 Å². The van der Waals surface area contributed by atoms with Crippen LogP contribution in [-0.4, -0.2) is 82.1 Å². The molecule has 0 bridgehead atoms. The monoisotopic (exact) mass is 545 g/mol. The van der Waals surface area contributed by atoms with Crippen molar-refractivity contribution in [3.8, 4) is 11.8 Å². The van der Waals surface area contributed by atoms with E-state index in [1.807, 2.05) is 0 Å². The van der Waals surface area contributed by atoms with Crippen LogP contribution in [-0.2, 0) is 4.74 Å². The molecule has 14 heteroatoms. The van der Waals surface area contributed by atoms with Crippen LogP contribution < -0.4 is 20.3 Å². The molecule has 2 saturated heterocycles. The number of hydrogen-bond donors (Lipinski definition) is 2. The van der Waals surface area contributed by atoms with E-state index < -0.39 is 6.61 Å². The number of aromatic nitrogens is 4. The van der Waals surface area contributed by atoms with E-state index in [1.165, 1.54) is 22.8 Å². The van der Waals surface area contributed by atoms with Gasteiger partial charge in [-0.3, -0.25) is 4.90 Å². The van der Waals surface area contributed by atoms with Crippen LogP contribution >= 0.6 is 11.6 Å². The Bertz CT molecular complexity index is 1390. The highest BCUT2D eigenvalue weighted by Gasteiger charge is 2.33. The van der Waals surface area contributed by atoms with Crippen LogP contribution in [0.2, 0.25) is 5.02 Å². The molecule has 38 heavy (non-hydrogen) atoms. The number of hydrogen-bond acceptors (Lipinski definition) is 10. The first-order valence-corrected chi connectivity index (χ1v) is 12.8. The zero-order chi connectivity index (χ0) is 26.4. The van der Waals surface area contributed by atoms with Crippen molar-refractivity contribution in [1.82, 2.24) is 24.5 Å². The number of piperazine rings is 1. The van der Waals surface area contributed by atoms with Crippen molar-refractivity contribution in [2.45, 2.75) is 44.5 Å². The Labute approximate surface area is 222 Å². The normalized spacial score (nSPS) is 20.4. The molecule has 2 aromatic heterocycles. The number of ether oxygens (including phenoxy) is 2. The predicted octanol–water partition coefficient (Wildman–Crippen LogP) is 3.48. The molecule has 200 valence electrons. The molecule has 1 saturated carbocycles. The number of rotatable bonds is 8. The number of benzene rings is 1. The molecule has 0 spiro atoms. The van der Waals surface area contributed by atoms with Gasteiger partial charge in [-0.2, -0.15) is 33.6 Å². The Hall–Kier alpha value is -3.47. The van der Waals surface area contributed by atoms with Gasteiger partial charge in [0.25, 0.3) is 0 Å². The largest absolute Gasteiger partial charge is 0.435 e. The van der Waals surface area contributed by atoms with Gasteiger partial charge in [-0.15, -0.1) is 0 Å². The second-order valence-electron chi connectivity index (χ2n) is 9.73. The van der Waals surface area contributed by atoms with Crippen LogP contribution in [0.1, 0.15) is 25.3 Å². The summed E-state index contributed by atoms with van der Waals surface area (Å²) in [5, 5.41) is 20.4. The van der Waals surface area contributed by atoms with Crippen molar-refractivity contribution in [3.63, 3.8) is 0 Å². The van der Waals surface area contributed by atoms with Crippen LogP contribution in [0.5, 0.6) is 5.75 Å². The summed E-state index contributed by atoms with van der Waals surface area (Å²) < 4.78 is 38.1. The number of fused-ring (bicyclic) bond motifs is 1. The quantitative estimate of drug-likeness (QED) is 0.436. The standard InChI is InChI=1S/C24H26ClF2N9O2/c1-13-10-34(16-11-37-12-16)4-5-35(13)19-7-17(38-22(26)27)6-18(20(19)25)31-23-32-21-14(8-28)9-29-36(21)24(33-23)30-15-2-3-15/h6-7,9,13,15-16,22H,2-5,10-12H2,1H3,(H2,30,31,32,33)/t13-/m0/s1. The van der Waals surface area contributed by atoms with Crippen LogP contribution in [0, 0.1) is 11.3 Å². The molecule has 3 aliphatic rings. The van der Waals surface area contributed by atoms with Gasteiger partial charge in [0.2, 0.25) is 11.9 Å². The number of alkyl halides is 2. The van der Waals surface area contributed by atoms with Gasteiger partial charge in [0, 0.05) is 43.9 Å². The molecule has 11 nitrogen and oxygen atoms in total. The van der Waals surface area contributed by atoms with Crippen LogP contribution in [0.4, 0.5) is 32.1 Å². The molecular weight excluding hydrogens is 520 g/mol. The van der Waals surface area contributed by atoms with Gasteiger partial charge in [-0.25, -0.2) is 0 Å². The van der Waals surface area contributed by atoms with E-state index in [0.717, 1.165) is 39.1 Å². The fourth-order valence-electron chi connectivity index (χ4n) is 4.80. The number of nitrogens with one attached hydrogen (secondary N) is 2. The van der Waals surface area contributed by atoms with Crippen molar-refractivity contribution >= 4 is 40.5 Å². The van der Waals surface area contributed by atoms with Gasteiger partial charge in [0.1, 0.15) is 17.4 Å². The summed E-state index contributed by atoms with van der Waals surface area (Å²) in [6, 6.07) is 5.76. The Morgan fingerprint density at radius 1 is 1.24 bits per heavy atom. The SMILES string of the molecule is C[C@H]1CN(C2COC2)CCN1c1cc(OC(F)F)cc(Nc2nc(NC3CC3)n3ncc(C#N)c3n2)c1Cl. The lowest BCUT2D eigenvalue weighted by Crippen LogP contribution is -2.59. The first-order chi connectivity index (χ1) is 18.4. The molecule has 1 atom stereocenters. The van der Waals surface area contributed by atoms with Gasteiger partial charge >= 0.3 is 6.61 Å². The maximum absolute atomic E-state index is 13.2. The number of anilines is 4. The average molecular weight is 546 g/mol. The summed E-state index contributed by atoms with van der Waals surface area (Å²) in [5.74, 6) is 0.522. The van der Waals surface area contributed by atoms with Gasteiger partial charge in [0.05, 0.1) is 41.8 Å². The molecule has 1 aromatic carbocycles. The fraction of sp³-hybridized carbons (Fsp3) is 0.500. The third kappa shape index (κ3) is 4.87. The number of halogens is 3. The third-order valence-corrected chi connectivity index (χ3v) is 7.40. The summed E-state index contributed by atoms with van der Waals surface area (Å²) >= 11 is 6.87. The molecular formula is C24H26ClF2N9O2. The van der Waals surface area contributed by atoms with Gasteiger partial charge in [-0.1, -0.05) is 11.6 Å². The second-order valence-corrected chi connectivity index (χ2v) is 10.1. The molecule has 3 aromatic rings. The van der Waals surface area contributed by atoms with E-state index in [1.54, 1.807) is 0 Å². The van der Waals surface area contributed by atoms with E-state index in [4.69, 9.17) is 21.1 Å². The highest BCUT2D eigenvalue weighted by Crippen LogP contribution is 2.40. The Balaban J connectivity index is 1.34. The minimum absolute atomic E-state index is 0.0385. The predicted molar refractivity (Wildman–Crippen MR) is 136 cm³/mol. The highest BCUT2D eigenvalue weighted by molar-refractivity contribution is 6.36. The lowest BCUT2D eigenvalue weighted by atomic mass is 10.1. The lowest BCUT2D eigenvalue weighted by molar-refractivity contribution is -0.0691. The highest BCUT2D eigenvalue weighted by atomic mass is 35.5. The summed E-state index contributed by atoms with van der Waals surface area (Å²) in [6.07, 6.45) is 3.43. The smallest absolute Gasteiger partial charge is 0.387 e. The number of nitrogens with zero attached hydrogens (tertiary/aromatic N) is 7. The van der Waals surface area contributed by atoms with Crippen molar-refractivity contribution in [1.29, 1.82) is 5.26 Å². The Morgan fingerprint density at radius 2 is 2.05 bits per heavy atom. The van der Waals surface area contributed by atoms with Crippen molar-refractivity contribution in [3.05, 3.63) is 28.9 Å². The molecule has 2 N–H and O–H groups in total. The molecule has 0 unspecified atom stereocenters. The molecule has 0 radical (unpaired) electrons. The zero-order valence-corrected chi connectivity index (χ0v) is 21.3. The molecule has 4 heterocycles. The van der Waals surface area contributed by atoms with Crippen LogP contribution in [0.3, 0.4) is 0 Å². The summed E-state index contributed by atoms with van der Waals surface area (Å²) in [7, 11) is 0. The van der Waals surface area contributed by atoms with E-state index in [0.29, 0.717) is 40.6 Å². The van der Waals surface area contributed by atoms with Gasteiger partial charge < -0.3 is 25.0 Å². The summed E-state index contributed by atoms with van der Waals surface area (Å²) in [6.45, 7) is 2.78. The van der Waals surface area contributed by atoms with Crippen molar-refractivity contribution in [2.75, 3.05) is 48.4 Å². The molecule has 3 fully saturated rings. The average Bonchev–Trinajstić information content (AvgIpc) is 3.56. The summed E-state index contributed by atoms with van der Waals surface area (Å²) in [4.78, 5) is 13.5. The van der Waals surface area contributed by atoms with E-state index >= 15 is 0 Å². The van der Waals surface area contributed by atoms with E-state index in [9.17, 15) is 14.0 Å². The topological polar surface area (TPSA) is 116 Å². The zero-order valence-electron chi connectivity index (χ0n) is 20.6. The maximum Gasteiger partial charge on any atom is 0.387 e. The Kier molecular flexibility index (Phi) is 6.55. The molecule has 1 aliphatic carbocycles. The minimum atomic E-state index is -3.00. The first-order valence-electron chi connectivity index (χ1n) is 12.5. The van der Waals surface area contributed by atoms with Crippen molar-refractivity contribution < 1.29 is 18.3 Å². The van der Waals surface area contributed by atoms with Crippen LogP contribution in [0.25, 0.3) is 5.65 Å². The first kappa shape index (κ1) is 24.8. The van der Waals surface area contributed by atoms with Gasteiger partial charge in [-0.05, 0) is 19.8 Å². The minimum Gasteiger partial charge on any atom is -0.435 e. The second kappa shape index (κ2) is 10.0. The van der Waals surface area contributed by atoms with Crippen molar-refractivity contribution in [2.24, 2.45) is 0 Å². The summed E-state index contributed by atoms with van der Waals surface area (Å²) in [5.41, 5.74) is 1.47. The molecule has 2 aliphatic heterocycles. The third-order valence-electron chi connectivity index (χ3n) is 7.00. The van der Waals surface area contributed by atoms with E-state index in [-0.39, 0.29) is 29.3 Å². The fourth-order valence-corrected chi connectivity index (χ4v) is 5.06. The molecule has 6 rings (SSSR count). The van der Waals surface area contributed by atoms with E-state index in [2.05, 4.69) is 48.5 Å². The Morgan fingerprint density at radius 3 is 2.71 bits per heavy atom. The lowest BCUT2D eigenvalue weighted by Gasteiger charge is -2.46. The molecule has 0 amide bonds.